The van der Waals surface area contributed by atoms with Crippen LogP contribution in [0.5, 0.6) is 5.75 Å². The van der Waals surface area contributed by atoms with Gasteiger partial charge in [-0.3, -0.25) is 9.59 Å². The Labute approximate surface area is 118 Å². The van der Waals surface area contributed by atoms with Gasteiger partial charge in [-0.15, -0.1) is 0 Å². The Bertz CT molecular complexity index is 541. The van der Waals surface area contributed by atoms with Gasteiger partial charge in [0.2, 0.25) is 0 Å². The molecule has 2 unspecified atom stereocenters. The molecule has 0 radical (unpaired) electrons. The van der Waals surface area contributed by atoms with Gasteiger partial charge < -0.3 is 14.7 Å². The molecule has 1 aromatic rings. The minimum atomic E-state index is -0.277. The number of aromatic hydroxyl groups is 1. The van der Waals surface area contributed by atoms with Crippen LogP contribution >= 0.6 is 0 Å². The number of phenols is 1. The summed E-state index contributed by atoms with van der Waals surface area (Å²) in [5.41, 5.74) is 1.04. The van der Waals surface area contributed by atoms with Crippen molar-refractivity contribution < 1.29 is 19.4 Å². The van der Waals surface area contributed by atoms with Crippen molar-refractivity contribution in [1.29, 1.82) is 0 Å². The highest BCUT2D eigenvalue weighted by Gasteiger charge is 2.38. The summed E-state index contributed by atoms with van der Waals surface area (Å²) in [6, 6.07) is 4.89. The number of phenolic OH excluding ortho intramolecular Hbond substituents is 1. The largest absolute Gasteiger partial charge is 0.508 e. The molecule has 1 N–H and O–H groups in total. The van der Waals surface area contributed by atoms with Crippen molar-refractivity contribution in [1.82, 2.24) is 4.90 Å². The Morgan fingerprint density at radius 2 is 2.05 bits per heavy atom. The van der Waals surface area contributed by atoms with Crippen molar-refractivity contribution in [2.45, 2.75) is 13.8 Å². The zero-order valence-corrected chi connectivity index (χ0v) is 11.9. The number of esters is 1. The zero-order chi connectivity index (χ0) is 14.9. The molecule has 1 aliphatic heterocycles. The fourth-order valence-electron chi connectivity index (χ4n) is 2.62. The summed E-state index contributed by atoms with van der Waals surface area (Å²) >= 11 is 0. The summed E-state index contributed by atoms with van der Waals surface area (Å²) in [5, 5.41) is 9.68. The number of ether oxygens (including phenoxy) is 1. The van der Waals surface area contributed by atoms with Crippen LogP contribution in [0.1, 0.15) is 22.8 Å². The molecule has 108 valence electrons. The summed E-state index contributed by atoms with van der Waals surface area (Å²) in [5.74, 6) is -0.532. The summed E-state index contributed by atoms with van der Waals surface area (Å²) < 4.78 is 4.76. The number of amides is 1. The number of carbonyl (C=O) groups excluding carboxylic acids is 2. The number of carbonyl (C=O) groups is 2. The summed E-state index contributed by atoms with van der Waals surface area (Å²) in [4.78, 5) is 25.8. The van der Waals surface area contributed by atoms with Crippen molar-refractivity contribution in [3.8, 4) is 5.75 Å². The van der Waals surface area contributed by atoms with Crippen LogP contribution in [0.2, 0.25) is 0 Å². The second-order valence-corrected chi connectivity index (χ2v) is 5.27. The van der Waals surface area contributed by atoms with E-state index in [9.17, 15) is 14.7 Å². The highest BCUT2D eigenvalue weighted by molar-refractivity contribution is 5.96. The van der Waals surface area contributed by atoms with Gasteiger partial charge in [-0.2, -0.15) is 0 Å². The van der Waals surface area contributed by atoms with Gasteiger partial charge in [0.25, 0.3) is 5.91 Å². The van der Waals surface area contributed by atoms with E-state index >= 15 is 0 Å². The first-order chi connectivity index (χ1) is 9.45. The molecule has 0 spiro atoms. The standard InChI is InChI=1S/C15H19NO4/c1-9-7-16(8-12(9)15(19)20-3)14(18)11-5-4-6-13(17)10(11)2/h4-6,9,12,17H,7-8H2,1-3H3. The average molecular weight is 277 g/mol. The van der Waals surface area contributed by atoms with Gasteiger partial charge >= 0.3 is 5.97 Å². The third-order valence-electron chi connectivity index (χ3n) is 3.94. The van der Waals surface area contributed by atoms with E-state index < -0.39 is 0 Å². The molecular weight excluding hydrogens is 258 g/mol. The molecule has 1 fully saturated rings. The topological polar surface area (TPSA) is 66.8 Å². The van der Waals surface area contributed by atoms with Crippen LogP contribution in [0, 0.1) is 18.8 Å². The predicted octanol–water partition coefficient (Wildman–Crippen LogP) is 1.58. The first kappa shape index (κ1) is 14.4. The number of hydrogen-bond donors (Lipinski definition) is 1. The molecule has 1 amide bonds. The SMILES string of the molecule is COC(=O)C1CN(C(=O)c2cccc(O)c2C)CC1C. The molecule has 0 bridgehead atoms. The molecule has 1 saturated heterocycles. The highest BCUT2D eigenvalue weighted by atomic mass is 16.5. The summed E-state index contributed by atoms with van der Waals surface area (Å²) in [6.07, 6.45) is 0. The monoisotopic (exact) mass is 277 g/mol. The second-order valence-electron chi connectivity index (χ2n) is 5.27. The summed E-state index contributed by atoms with van der Waals surface area (Å²) in [6.45, 7) is 4.53. The number of likely N-dealkylation sites (tertiary alicyclic amines) is 1. The van der Waals surface area contributed by atoms with Crippen molar-refractivity contribution >= 4 is 11.9 Å². The Morgan fingerprint density at radius 3 is 2.70 bits per heavy atom. The van der Waals surface area contributed by atoms with Crippen molar-refractivity contribution in [3.63, 3.8) is 0 Å². The maximum atomic E-state index is 12.5. The normalized spacial score (nSPS) is 21.9. The minimum absolute atomic E-state index is 0.0732. The number of nitrogens with zero attached hydrogens (tertiary/aromatic N) is 1. The Hall–Kier alpha value is -2.04. The Kier molecular flexibility index (Phi) is 3.97. The van der Waals surface area contributed by atoms with E-state index in [4.69, 9.17) is 4.74 Å². The summed E-state index contributed by atoms with van der Waals surface area (Å²) in [7, 11) is 1.36. The van der Waals surface area contributed by atoms with Crippen molar-refractivity contribution in [2.24, 2.45) is 11.8 Å². The lowest BCUT2D eigenvalue weighted by Gasteiger charge is -2.17. The van der Waals surface area contributed by atoms with Gasteiger partial charge in [0.05, 0.1) is 13.0 Å². The molecule has 2 atom stereocenters. The lowest BCUT2D eigenvalue weighted by molar-refractivity contribution is -0.146. The first-order valence-electron chi connectivity index (χ1n) is 6.61. The van der Waals surface area contributed by atoms with Gasteiger partial charge in [-0.25, -0.2) is 0 Å². The van der Waals surface area contributed by atoms with Gasteiger partial charge in [0.15, 0.2) is 0 Å². The van der Waals surface area contributed by atoms with E-state index in [1.54, 1.807) is 30.0 Å². The molecule has 1 aliphatic rings. The van der Waals surface area contributed by atoms with Crippen LogP contribution in [-0.2, 0) is 9.53 Å². The average Bonchev–Trinajstić information content (AvgIpc) is 2.82. The van der Waals surface area contributed by atoms with Gasteiger partial charge in [0.1, 0.15) is 5.75 Å². The van der Waals surface area contributed by atoms with Gasteiger partial charge in [-0.1, -0.05) is 13.0 Å². The van der Waals surface area contributed by atoms with Crippen LogP contribution in [-0.4, -0.2) is 42.1 Å². The number of methoxy groups -OCH3 is 1. The molecule has 20 heavy (non-hydrogen) atoms. The van der Waals surface area contributed by atoms with E-state index in [0.717, 1.165) is 0 Å². The van der Waals surface area contributed by atoms with E-state index in [-0.39, 0.29) is 29.5 Å². The molecule has 1 aromatic carbocycles. The van der Waals surface area contributed by atoms with Crippen LogP contribution in [0.25, 0.3) is 0 Å². The van der Waals surface area contributed by atoms with E-state index in [2.05, 4.69) is 0 Å². The molecule has 0 aromatic heterocycles. The molecule has 2 rings (SSSR count). The highest BCUT2D eigenvalue weighted by Crippen LogP contribution is 2.27. The first-order valence-corrected chi connectivity index (χ1v) is 6.61. The number of rotatable bonds is 2. The maximum absolute atomic E-state index is 12.5. The molecule has 5 heteroatoms. The Balaban J connectivity index is 2.19. The lowest BCUT2D eigenvalue weighted by atomic mass is 9.99. The fraction of sp³-hybridized carbons (Fsp3) is 0.467. The maximum Gasteiger partial charge on any atom is 0.310 e. The molecule has 1 heterocycles. The van der Waals surface area contributed by atoms with Crippen LogP contribution in [0.3, 0.4) is 0 Å². The minimum Gasteiger partial charge on any atom is -0.508 e. The van der Waals surface area contributed by atoms with E-state index in [1.165, 1.54) is 7.11 Å². The van der Waals surface area contributed by atoms with Crippen LogP contribution < -0.4 is 0 Å². The smallest absolute Gasteiger partial charge is 0.310 e. The van der Waals surface area contributed by atoms with Gasteiger partial charge in [0, 0.05) is 24.2 Å². The van der Waals surface area contributed by atoms with Gasteiger partial charge in [-0.05, 0) is 25.0 Å². The predicted molar refractivity (Wildman–Crippen MR) is 73.4 cm³/mol. The third-order valence-corrected chi connectivity index (χ3v) is 3.94. The zero-order valence-electron chi connectivity index (χ0n) is 11.9. The Morgan fingerprint density at radius 1 is 1.35 bits per heavy atom. The lowest BCUT2D eigenvalue weighted by Crippen LogP contribution is -2.30. The molecule has 5 nitrogen and oxygen atoms in total. The second kappa shape index (κ2) is 5.53. The van der Waals surface area contributed by atoms with Crippen molar-refractivity contribution in [3.05, 3.63) is 29.3 Å². The quantitative estimate of drug-likeness (QED) is 0.833. The molecular formula is C15H19NO4. The molecule has 0 saturated carbocycles. The number of benzene rings is 1. The third kappa shape index (κ3) is 2.48. The number of hydrogen-bond acceptors (Lipinski definition) is 4. The van der Waals surface area contributed by atoms with Crippen molar-refractivity contribution in [2.75, 3.05) is 20.2 Å². The molecule has 0 aliphatic carbocycles. The van der Waals surface area contributed by atoms with Crippen LogP contribution in [0.15, 0.2) is 18.2 Å². The van der Waals surface area contributed by atoms with E-state index in [0.29, 0.717) is 24.2 Å². The van der Waals surface area contributed by atoms with E-state index in [1.807, 2.05) is 6.92 Å². The van der Waals surface area contributed by atoms with Crippen LogP contribution in [0.4, 0.5) is 0 Å². The fourth-order valence-corrected chi connectivity index (χ4v) is 2.62.